The normalized spacial score (nSPS) is 19.5. The highest BCUT2D eigenvalue weighted by molar-refractivity contribution is 5.78. The number of hydrogen-bond donors (Lipinski definition) is 1. The molecule has 160 valence electrons. The fourth-order valence-electron chi connectivity index (χ4n) is 3.77. The number of nitrogens with zero attached hydrogens (tertiary/aromatic N) is 2. The Labute approximate surface area is 175 Å². The van der Waals surface area contributed by atoms with Gasteiger partial charge in [-0.2, -0.15) is 0 Å². The molecule has 1 amide bonds. The van der Waals surface area contributed by atoms with E-state index in [4.69, 9.17) is 9.84 Å². The maximum atomic E-state index is 13.1. The van der Waals surface area contributed by atoms with Gasteiger partial charge < -0.3 is 14.7 Å². The molecule has 0 radical (unpaired) electrons. The molecular weight excluding hydrogens is 387 g/mol. The molecule has 2 aromatic rings. The van der Waals surface area contributed by atoms with Gasteiger partial charge in [-0.25, -0.2) is 4.39 Å². The Kier molecular flexibility index (Phi) is 7.05. The summed E-state index contributed by atoms with van der Waals surface area (Å²) in [5.41, 5.74) is 1.58. The molecule has 1 heterocycles. The standard InChI is InChI=1S/C23H27FN2O4/c1-16-13-26(17(2)12-25(16)14-18-7-9-20(24)10-8-18)22(27)15-30-21-6-4-3-5-19(21)11-23(28)29/h3-10,16-17H,11-15H2,1-2H3,(H,28,29)/t16-,17+/m1/s1. The van der Waals surface area contributed by atoms with Crippen LogP contribution in [0.25, 0.3) is 0 Å². The van der Waals surface area contributed by atoms with Crippen LogP contribution in [0.5, 0.6) is 5.75 Å². The molecule has 0 aromatic heterocycles. The number of hydrogen-bond acceptors (Lipinski definition) is 4. The van der Waals surface area contributed by atoms with E-state index < -0.39 is 5.97 Å². The number of ether oxygens (including phenoxy) is 1. The molecule has 2 atom stereocenters. The third-order valence-electron chi connectivity index (χ3n) is 5.40. The second kappa shape index (κ2) is 9.71. The van der Waals surface area contributed by atoms with Gasteiger partial charge in [0.2, 0.25) is 0 Å². The van der Waals surface area contributed by atoms with Crippen molar-refractivity contribution in [3.63, 3.8) is 0 Å². The van der Waals surface area contributed by atoms with Gasteiger partial charge in [0.1, 0.15) is 11.6 Å². The molecule has 0 bridgehead atoms. The third-order valence-corrected chi connectivity index (χ3v) is 5.40. The van der Waals surface area contributed by atoms with Crippen molar-refractivity contribution >= 4 is 11.9 Å². The summed E-state index contributed by atoms with van der Waals surface area (Å²) >= 11 is 0. The van der Waals surface area contributed by atoms with Crippen LogP contribution >= 0.6 is 0 Å². The molecule has 1 saturated heterocycles. The molecule has 1 fully saturated rings. The van der Waals surface area contributed by atoms with Crippen molar-refractivity contribution in [3.8, 4) is 5.75 Å². The van der Waals surface area contributed by atoms with Crippen LogP contribution < -0.4 is 4.74 Å². The Morgan fingerprint density at radius 3 is 2.47 bits per heavy atom. The molecule has 3 rings (SSSR count). The number of carboxylic acid groups (broad SMARTS) is 1. The largest absolute Gasteiger partial charge is 0.483 e. The third kappa shape index (κ3) is 5.57. The number of carbonyl (C=O) groups excluding carboxylic acids is 1. The number of halogens is 1. The number of carbonyl (C=O) groups is 2. The van der Waals surface area contributed by atoms with Crippen LogP contribution in [0.2, 0.25) is 0 Å². The van der Waals surface area contributed by atoms with Gasteiger partial charge in [0.25, 0.3) is 5.91 Å². The van der Waals surface area contributed by atoms with E-state index in [1.807, 2.05) is 11.8 Å². The van der Waals surface area contributed by atoms with Gasteiger partial charge in [-0.15, -0.1) is 0 Å². The SMILES string of the molecule is C[C@@H]1CN(C(=O)COc2ccccc2CC(=O)O)[C@@H](C)CN1Cc1ccc(F)cc1. The second-order valence-electron chi connectivity index (χ2n) is 7.77. The number of piperazine rings is 1. The number of benzene rings is 2. The van der Waals surface area contributed by atoms with E-state index >= 15 is 0 Å². The smallest absolute Gasteiger partial charge is 0.307 e. The summed E-state index contributed by atoms with van der Waals surface area (Å²) in [5, 5.41) is 9.03. The Morgan fingerprint density at radius 2 is 1.77 bits per heavy atom. The summed E-state index contributed by atoms with van der Waals surface area (Å²) in [5.74, 6) is -0.901. The fraction of sp³-hybridized carbons (Fsp3) is 0.391. The molecule has 6 nitrogen and oxygen atoms in total. The van der Waals surface area contributed by atoms with Crippen molar-refractivity contribution in [2.75, 3.05) is 19.7 Å². The number of para-hydroxylation sites is 1. The molecule has 0 spiro atoms. The number of amides is 1. The minimum atomic E-state index is -0.947. The maximum Gasteiger partial charge on any atom is 0.307 e. The lowest BCUT2D eigenvalue weighted by Crippen LogP contribution is -2.58. The molecule has 1 N–H and O–H groups in total. The summed E-state index contributed by atoms with van der Waals surface area (Å²) in [4.78, 5) is 27.9. The van der Waals surface area contributed by atoms with E-state index in [9.17, 15) is 14.0 Å². The highest BCUT2D eigenvalue weighted by Gasteiger charge is 2.32. The van der Waals surface area contributed by atoms with Crippen LogP contribution in [-0.4, -0.2) is 58.6 Å². The monoisotopic (exact) mass is 414 g/mol. The van der Waals surface area contributed by atoms with E-state index in [0.29, 0.717) is 30.9 Å². The Balaban J connectivity index is 1.57. The average Bonchev–Trinajstić information content (AvgIpc) is 2.71. The van der Waals surface area contributed by atoms with Crippen molar-refractivity contribution in [3.05, 3.63) is 65.5 Å². The van der Waals surface area contributed by atoms with Gasteiger partial charge in [-0.1, -0.05) is 30.3 Å². The Morgan fingerprint density at radius 1 is 1.07 bits per heavy atom. The van der Waals surface area contributed by atoms with Gasteiger partial charge in [-0.05, 0) is 37.6 Å². The summed E-state index contributed by atoms with van der Waals surface area (Å²) in [6.45, 7) is 5.91. The molecule has 1 aliphatic rings. The Bertz CT molecular complexity index is 887. The lowest BCUT2D eigenvalue weighted by molar-refractivity contribution is -0.139. The van der Waals surface area contributed by atoms with Crippen LogP contribution in [0.15, 0.2) is 48.5 Å². The van der Waals surface area contributed by atoms with Crippen molar-refractivity contribution in [1.29, 1.82) is 0 Å². The molecule has 0 unspecified atom stereocenters. The van der Waals surface area contributed by atoms with Gasteiger partial charge in [-0.3, -0.25) is 14.5 Å². The van der Waals surface area contributed by atoms with Crippen molar-refractivity contribution in [2.45, 2.75) is 38.9 Å². The molecule has 1 aliphatic heterocycles. The zero-order chi connectivity index (χ0) is 21.7. The first-order valence-electron chi connectivity index (χ1n) is 10.0. The second-order valence-corrected chi connectivity index (χ2v) is 7.77. The summed E-state index contributed by atoms with van der Waals surface area (Å²) in [6.07, 6.45) is -0.153. The fourth-order valence-corrected chi connectivity index (χ4v) is 3.77. The summed E-state index contributed by atoms with van der Waals surface area (Å²) in [6, 6.07) is 13.5. The lowest BCUT2D eigenvalue weighted by Gasteiger charge is -2.44. The molecular formula is C23H27FN2O4. The number of carboxylic acids is 1. The Hall–Kier alpha value is -2.93. The average molecular weight is 414 g/mol. The van der Waals surface area contributed by atoms with E-state index in [2.05, 4.69) is 11.8 Å². The van der Waals surface area contributed by atoms with Crippen LogP contribution in [0.1, 0.15) is 25.0 Å². The lowest BCUT2D eigenvalue weighted by atomic mass is 10.1. The maximum absolute atomic E-state index is 13.1. The zero-order valence-electron chi connectivity index (χ0n) is 17.3. The van der Waals surface area contributed by atoms with Crippen LogP contribution in [0.3, 0.4) is 0 Å². The highest BCUT2D eigenvalue weighted by atomic mass is 19.1. The number of rotatable bonds is 7. The summed E-state index contributed by atoms with van der Waals surface area (Å²) < 4.78 is 18.8. The number of aliphatic carboxylic acids is 1. The van der Waals surface area contributed by atoms with Crippen LogP contribution in [-0.2, 0) is 22.6 Å². The van der Waals surface area contributed by atoms with Crippen molar-refractivity contribution in [2.24, 2.45) is 0 Å². The molecule has 2 aromatic carbocycles. The minimum Gasteiger partial charge on any atom is -0.483 e. The predicted octanol–water partition coefficient (Wildman–Crippen LogP) is 2.95. The van der Waals surface area contributed by atoms with Crippen LogP contribution in [0, 0.1) is 5.82 Å². The topological polar surface area (TPSA) is 70.1 Å². The first kappa shape index (κ1) is 21.8. The van der Waals surface area contributed by atoms with E-state index in [0.717, 1.165) is 5.56 Å². The van der Waals surface area contributed by atoms with Crippen molar-refractivity contribution in [1.82, 2.24) is 9.80 Å². The first-order chi connectivity index (χ1) is 14.3. The first-order valence-corrected chi connectivity index (χ1v) is 10.0. The molecule has 0 saturated carbocycles. The highest BCUT2D eigenvalue weighted by Crippen LogP contribution is 2.21. The predicted molar refractivity (Wildman–Crippen MR) is 111 cm³/mol. The van der Waals surface area contributed by atoms with E-state index in [-0.39, 0.29) is 36.8 Å². The zero-order valence-corrected chi connectivity index (χ0v) is 17.3. The molecule has 0 aliphatic carbocycles. The van der Waals surface area contributed by atoms with Crippen LogP contribution in [0.4, 0.5) is 4.39 Å². The van der Waals surface area contributed by atoms with E-state index in [1.165, 1.54) is 12.1 Å². The van der Waals surface area contributed by atoms with Gasteiger partial charge >= 0.3 is 5.97 Å². The van der Waals surface area contributed by atoms with Gasteiger partial charge in [0.15, 0.2) is 6.61 Å². The quantitative estimate of drug-likeness (QED) is 0.754. The minimum absolute atomic E-state index is 0.00649. The molecule has 30 heavy (non-hydrogen) atoms. The van der Waals surface area contributed by atoms with Crippen molar-refractivity contribution < 1.29 is 23.8 Å². The van der Waals surface area contributed by atoms with E-state index in [1.54, 1.807) is 36.4 Å². The molecule has 7 heteroatoms. The summed E-state index contributed by atoms with van der Waals surface area (Å²) in [7, 11) is 0. The van der Waals surface area contributed by atoms with Gasteiger partial charge in [0, 0.05) is 37.3 Å². The van der Waals surface area contributed by atoms with Gasteiger partial charge in [0.05, 0.1) is 6.42 Å².